The molecule has 0 radical (unpaired) electrons. The molecule has 0 bridgehead atoms. The maximum atomic E-state index is 11.3. The van der Waals surface area contributed by atoms with Crippen LogP contribution in [0.2, 0.25) is 0 Å². The van der Waals surface area contributed by atoms with E-state index in [9.17, 15) is 25.2 Å². The Hall–Kier alpha value is -0.810. The van der Waals surface area contributed by atoms with E-state index in [1.807, 2.05) is 0 Å². The van der Waals surface area contributed by atoms with Crippen molar-refractivity contribution < 1.29 is 39.8 Å². The molecule has 9 nitrogen and oxygen atoms in total. The first-order valence-corrected chi connectivity index (χ1v) is 6.25. The lowest BCUT2D eigenvalue weighted by atomic mass is 9.89. The van der Waals surface area contributed by atoms with Crippen molar-refractivity contribution in [2.75, 3.05) is 13.2 Å². The molecular formula is C11H21NO8. The van der Waals surface area contributed by atoms with E-state index in [0.717, 1.165) is 0 Å². The van der Waals surface area contributed by atoms with Crippen LogP contribution in [0.3, 0.4) is 0 Å². The first kappa shape index (κ1) is 17.2. The van der Waals surface area contributed by atoms with Gasteiger partial charge in [0.1, 0.15) is 18.3 Å². The van der Waals surface area contributed by atoms with E-state index < -0.39 is 55.2 Å². The van der Waals surface area contributed by atoms with Crippen molar-refractivity contribution in [3.8, 4) is 0 Å². The molecule has 7 N–H and O–H groups in total. The van der Waals surface area contributed by atoms with Crippen LogP contribution in [0, 0.1) is 0 Å². The second-order valence-corrected chi connectivity index (χ2v) is 4.66. The lowest BCUT2D eigenvalue weighted by molar-refractivity contribution is -0.308. The highest BCUT2D eigenvalue weighted by Crippen LogP contribution is 2.32. The van der Waals surface area contributed by atoms with Crippen LogP contribution >= 0.6 is 0 Å². The molecule has 0 aromatic rings. The quantitative estimate of drug-likeness (QED) is 0.299. The lowest BCUT2D eigenvalue weighted by Crippen LogP contribution is -2.66. The topological polar surface area (TPSA) is 163 Å². The minimum Gasteiger partial charge on any atom is -0.477 e. The molecule has 1 fully saturated rings. The number of aliphatic carboxylic acids is 1. The Morgan fingerprint density at radius 2 is 2.15 bits per heavy atom. The standard InChI is InChI=1S/C11H21NO8/c1-2-19-11(10(17)18)3-5(14)7(12)9(20-11)8(16)6(15)4-13/h5-9,13-16H,2-4,12H2,1H3,(H,17,18)/t5-,6-,7-,8-,9?,11-/m1/s1. The summed E-state index contributed by atoms with van der Waals surface area (Å²) in [6, 6.07) is -1.13. The van der Waals surface area contributed by atoms with E-state index in [-0.39, 0.29) is 6.61 Å². The minimum atomic E-state index is -2.15. The van der Waals surface area contributed by atoms with Crippen molar-refractivity contribution in [2.45, 2.75) is 49.6 Å². The molecular weight excluding hydrogens is 274 g/mol. The maximum Gasteiger partial charge on any atom is 0.364 e. The van der Waals surface area contributed by atoms with E-state index >= 15 is 0 Å². The van der Waals surface area contributed by atoms with E-state index in [1.54, 1.807) is 6.92 Å². The van der Waals surface area contributed by atoms with E-state index in [2.05, 4.69) is 0 Å². The van der Waals surface area contributed by atoms with Crippen LogP contribution in [0.15, 0.2) is 0 Å². The molecule has 6 atom stereocenters. The SMILES string of the molecule is CCO[C@]1(C(=O)O)C[C@@H](O)[C@@H](N)C([C@H](O)[C@H](O)CO)O1. The molecule has 1 aliphatic heterocycles. The van der Waals surface area contributed by atoms with Gasteiger partial charge in [0.2, 0.25) is 0 Å². The zero-order valence-corrected chi connectivity index (χ0v) is 11.0. The van der Waals surface area contributed by atoms with Crippen molar-refractivity contribution in [1.82, 2.24) is 0 Å². The normalized spacial score (nSPS) is 37.4. The van der Waals surface area contributed by atoms with Gasteiger partial charge in [0.05, 0.1) is 18.8 Å². The highest BCUT2D eigenvalue weighted by Gasteiger charge is 2.54. The summed E-state index contributed by atoms with van der Waals surface area (Å²) in [4.78, 5) is 11.3. The van der Waals surface area contributed by atoms with Crippen molar-refractivity contribution in [3.63, 3.8) is 0 Å². The van der Waals surface area contributed by atoms with Crippen LogP contribution in [0.1, 0.15) is 13.3 Å². The van der Waals surface area contributed by atoms with Crippen molar-refractivity contribution in [1.29, 1.82) is 0 Å². The molecule has 1 saturated heterocycles. The summed E-state index contributed by atoms with van der Waals surface area (Å²) in [5, 5.41) is 47.2. The number of carboxylic acids is 1. The number of aliphatic hydroxyl groups excluding tert-OH is 4. The summed E-state index contributed by atoms with van der Waals surface area (Å²) < 4.78 is 10.3. The molecule has 0 aromatic carbocycles. The van der Waals surface area contributed by atoms with Gasteiger partial charge in [-0.15, -0.1) is 0 Å². The maximum absolute atomic E-state index is 11.3. The number of carbonyl (C=O) groups is 1. The Kier molecular flexibility index (Phi) is 5.83. The predicted molar refractivity (Wildman–Crippen MR) is 64.6 cm³/mol. The number of carboxylic acid groups (broad SMARTS) is 1. The molecule has 0 aromatic heterocycles. The molecule has 1 heterocycles. The second kappa shape index (κ2) is 6.76. The lowest BCUT2D eigenvalue weighted by Gasteiger charge is -2.45. The van der Waals surface area contributed by atoms with Gasteiger partial charge in [-0.25, -0.2) is 4.79 Å². The van der Waals surface area contributed by atoms with Crippen molar-refractivity contribution in [2.24, 2.45) is 5.73 Å². The molecule has 1 unspecified atom stereocenters. The summed E-state index contributed by atoms with van der Waals surface area (Å²) in [5.74, 6) is -3.62. The van der Waals surface area contributed by atoms with Crippen molar-refractivity contribution >= 4 is 5.97 Å². The van der Waals surface area contributed by atoms with Crippen LogP contribution in [-0.4, -0.2) is 81.0 Å². The van der Waals surface area contributed by atoms with Gasteiger partial charge >= 0.3 is 5.97 Å². The Labute approximate surface area is 115 Å². The number of nitrogens with two attached hydrogens (primary N) is 1. The van der Waals surface area contributed by atoms with Gasteiger partial charge in [-0.3, -0.25) is 0 Å². The molecule has 20 heavy (non-hydrogen) atoms. The molecule has 0 saturated carbocycles. The predicted octanol–water partition coefficient (Wildman–Crippen LogP) is -3.00. The van der Waals surface area contributed by atoms with Crippen LogP contribution in [0.5, 0.6) is 0 Å². The zero-order valence-electron chi connectivity index (χ0n) is 11.0. The number of aliphatic hydroxyl groups is 4. The minimum absolute atomic E-state index is 0.000370. The Balaban J connectivity index is 3.02. The Bertz CT molecular complexity index is 340. The highest BCUT2D eigenvalue weighted by molar-refractivity contribution is 5.76. The summed E-state index contributed by atoms with van der Waals surface area (Å²) in [6.45, 7) is 0.779. The Morgan fingerprint density at radius 1 is 1.55 bits per heavy atom. The summed E-state index contributed by atoms with van der Waals surface area (Å²) >= 11 is 0. The van der Waals surface area contributed by atoms with Gasteiger partial charge in [-0.1, -0.05) is 0 Å². The van der Waals surface area contributed by atoms with E-state index in [1.165, 1.54) is 0 Å². The third-order valence-corrected chi connectivity index (χ3v) is 3.25. The van der Waals surface area contributed by atoms with Gasteiger partial charge in [-0.2, -0.15) is 0 Å². The molecule has 1 aliphatic rings. The van der Waals surface area contributed by atoms with Gasteiger partial charge in [0, 0.05) is 13.0 Å². The fraction of sp³-hybridized carbons (Fsp3) is 0.909. The van der Waals surface area contributed by atoms with Gasteiger partial charge in [0.25, 0.3) is 5.79 Å². The summed E-state index contributed by atoms with van der Waals surface area (Å²) in [7, 11) is 0. The molecule has 0 spiro atoms. The smallest absolute Gasteiger partial charge is 0.364 e. The third kappa shape index (κ3) is 3.26. The van der Waals surface area contributed by atoms with Gasteiger partial charge < -0.3 is 40.7 Å². The largest absolute Gasteiger partial charge is 0.477 e. The van der Waals surface area contributed by atoms with E-state index in [0.29, 0.717) is 0 Å². The summed E-state index contributed by atoms with van der Waals surface area (Å²) in [5.41, 5.74) is 5.66. The second-order valence-electron chi connectivity index (χ2n) is 4.66. The fourth-order valence-corrected chi connectivity index (χ4v) is 2.13. The monoisotopic (exact) mass is 295 g/mol. The number of hydrogen-bond donors (Lipinski definition) is 6. The van der Waals surface area contributed by atoms with Crippen LogP contribution in [-0.2, 0) is 14.3 Å². The van der Waals surface area contributed by atoms with Crippen molar-refractivity contribution in [3.05, 3.63) is 0 Å². The first-order chi connectivity index (χ1) is 9.29. The molecule has 0 amide bonds. The first-order valence-electron chi connectivity index (χ1n) is 6.25. The van der Waals surface area contributed by atoms with Gasteiger partial charge in [0.15, 0.2) is 0 Å². The summed E-state index contributed by atoms with van der Waals surface area (Å²) in [6.07, 6.45) is -6.36. The molecule has 118 valence electrons. The number of ether oxygens (including phenoxy) is 2. The van der Waals surface area contributed by atoms with Crippen LogP contribution in [0.25, 0.3) is 0 Å². The van der Waals surface area contributed by atoms with E-state index in [4.69, 9.17) is 20.3 Å². The van der Waals surface area contributed by atoms with Gasteiger partial charge in [-0.05, 0) is 6.92 Å². The van der Waals surface area contributed by atoms with Crippen LogP contribution < -0.4 is 5.73 Å². The van der Waals surface area contributed by atoms with Crippen LogP contribution in [0.4, 0.5) is 0 Å². The third-order valence-electron chi connectivity index (χ3n) is 3.25. The molecule has 1 rings (SSSR count). The fourth-order valence-electron chi connectivity index (χ4n) is 2.13. The average molecular weight is 295 g/mol. The Morgan fingerprint density at radius 3 is 2.60 bits per heavy atom. The average Bonchev–Trinajstić information content (AvgIpc) is 2.41. The molecule has 9 heteroatoms. The molecule has 0 aliphatic carbocycles. The highest BCUT2D eigenvalue weighted by atomic mass is 16.7. The number of hydrogen-bond acceptors (Lipinski definition) is 8. The number of rotatable bonds is 6. The zero-order chi connectivity index (χ0) is 15.5.